The van der Waals surface area contributed by atoms with Crippen molar-refractivity contribution in [2.24, 2.45) is 5.84 Å². The Morgan fingerprint density at radius 3 is 2.30 bits per heavy atom. The van der Waals surface area contributed by atoms with E-state index in [-0.39, 0.29) is 17.4 Å². The lowest BCUT2D eigenvalue weighted by Gasteiger charge is -2.23. The Balaban J connectivity index is 2.09. The van der Waals surface area contributed by atoms with Crippen LogP contribution in [0.2, 0.25) is 10.0 Å². The fraction of sp³-hybridized carbons (Fsp3) is 0.182. The molecule has 2 aromatic carbocycles. The van der Waals surface area contributed by atoms with Gasteiger partial charge in [-0.1, -0.05) is 47.5 Å². The summed E-state index contributed by atoms with van der Waals surface area (Å²) in [6, 6.07) is 11.8. The smallest absolute Gasteiger partial charge is 0.307 e. The molecule has 0 saturated carbocycles. The van der Waals surface area contributed by atoms with Crippen LogP contribution in [0.3, 0.4) is 0 Å². The van der Waals surface area contributed by atoms with Crippen molar-refractivity contribution in [3.63, 3.8) is 0 Å². The summed E-state index contributed by atoms with van der Waals surface area (Å²) in [5.41, 5.74) is 3.69. The summed E-state index contributed by atoms with van der Waals surface area (Å²) >= 11 is 11.9. The van der Waals surface area contributed by atoms with Gasteiger partial charge in [-0.2, -0.15) is 0 Å². The molecule has 158 valence electrons. The van der Waals surface area contributed by atoms with Crippen LogP contribution < -0.4 is 11.2 Å². The lowest BCUT2D eigenvalue weighted by atomic mass is 10.0. The van der Waals surface area contributed by atoms with E-state index in [1.807, 2.05) is 12.1 Å². The third kappa shape index (κ3) is 6.35. The monoisotopic (exact) mass is 447 g/mol. The number of carbonyl (C=O) groups excluding carboxylic acids is 1. The van der Waals surface area contributed by atoms with Gasteiger partial charge in [0, 0.05) is 16.4 Å². The van der Waals surface area contributed by atoms with Gasteiger partial charge in [0.25, 0.3) is 5.91 Å². The van der Waals surface area contributed by atoms with Gasteiger partial charge in [-0.05, 0) is 55.3 Å². The molecule has 0 saturated heterocycles. The largest absolute Gasteiger partial charge is 0.481 e. The molecule has 0 fully saturated rings. The topological polar surface area (TPSA) is 95.7 Å². The summed E-state index contributed by atoms with van der Waals surface area (Å²) in [4.78, 5) is 23.5. The predicted molar refractivity (Wildman–Crippen MR) is 120 cm³/mol. The van der Waals surface area contributed by atoms with Gasteiger partial charge in [0.15, 0.2) is 0 Å². The number of hydrogen-bond acceptors (Lipinski definition) is 4. The van der Waals surface area contributed by atoms with Gasteiger partial charge < -0.3 is 15.4 Å². The first kappa shape index (κ1) is 23.5. The third-order valence-corrected chi connectivity index (χ3v) is 5.00. The van der Waals surface area contributed by atoms with Crippen molar-refractivity contribution in [2.45, 2.75) is 26.8 Å². The minimum Gasteiger partial charge on any atom is -0.481 e. The first-order chi connectivity index (χ1) is 14.1. The molecule has 0 radical (unpaired) electrons. The maximum atomic E-state index is 12.4. The number of hydrogen-bond donors (Lipinski definition) is 3. The maximum absolute atomic E-state index is 12.4. The number of halogens is 2. The normalized spacial score (nSPS) is 11.5. The number of allylic oxidation sites excluding steroid dienone is 2. The van der Waals surface area contributed by atoms with Crippen molar-refractivity contribution < 1.29 is 14.7 Å². The molecule has 0 unspecified atom stereocenters. The molecule has 0 aliphatic rings. The Labute approximate surface area is 185 Å². The zero-order valence-electron chi connectivity index (χ0n) is 16.7. The minimum absolute atomic E-state index is 0.146. The van der Waals surface area contributed by atoms with Crippen molar-refractivity contribution in [3.8, 4) is 0 Å². The van der Waals surface area contributed by atoms with Crippen molar-refractivity contribution >= 4 is 40.8 Å². The standard InChI is InChI=1S/C22H23Cl2N3O3/c1-13(2)19(11-21(28)29)14(3)27(25)12-15-4-7-17(8-5-15)26-22(30)18-9-6-16(23)10-20(18)24/h4-10H,1,11-12,25H2,2-3H3,(H,26,30)(H,28,29)/b19-14-. The second-order valence-corrected chi connectivity index (χ2v) is 7.66. The molecule has 0 aromatic heterocycles. The third-order valence-electron chi connectivity index (χ3n) is 4.45. The number of aliphatic carboxylic acids is 1. The highest BCUT2D eigenvalue weighted by Gasteiger charge is 2.14. The van der Waals surface area contributed by atoms with E-state index in [1.165, 1.54) is 11.1 Å². The van der Waals surface area contributed by atoms with Gasteiger partial charge >= 0.3 is 5.97 Å². The zero-order chi connectivity index (χ0) is 22.4. The Morgan fingerprint density at radius 2 is 1.77 bits per heavy atom. The minimum atomic E-state index is -0.943. The van der Waals surface area contributed by atoms with Crippen LogP contribution in [0.15, 0.2) is 65.9 Å². The van der Waals surface area contributed by atoms with E-state index in [1.54, 1.807) is 38.1 Å². The van der Waals surface area contributed by atoms with Crippen LogP contribution in [0.5, 0.6) is 0 Å². The molecule has 6 nitrogen and oxygen atoms in total. The number of amides is 1. The number of nitrogens with two attached hydrogens (primary N) is 1. The van der Waals surface area contributed by atoms with Crippen LogP contribution in [0.1, 0.15) is 36.2 Å². The van der Waals surface area contributed by atoms with Crippen LogP contribution in [0, 0.1) is 0 Å². The number of nitrogens with zero attached hydrogens (tertiary/aromatic N) is 1. The molecular formula is C22H23Cl2N3O3. The molecule has 30 heavy (non-hydrogen) atoms. The van der Waals surface area contributed by atoms with Gasteiger partial charge in [0.05, 0.1) is 23.6 Å². The quantitative estimate of drug-likeness (QED) is 0.291. The second-order valence-electron chi connectivity index (χ2n) is 6.82. The molecular weight excluding hydrogens is 425 g/mol. The fourth-order valence-electron chi connectivity index (χ4n) is 2.79. The molecule has 0 aliphatic carbocycles. The molecule has 4 N–H and O–H groups in total. The summed E-state index contributed by atoms with van der Waals surface area (Å²) in [6.07, 6.45) is -0.146. The van der Waals surface area contributed by atoms with E-state index in [0.717, 1.165) is 5.56 Å². The highest BCUT2D eigenvalue weighted by Crippen LogP contribution is 2.23. The fourth-order valence-corrected chi connectivity index (χ4v) is 3.29. The van der Waals surface area contributed by atoms with Crippen LogP contribution in [0.25, 0.3) is 0 Å². The lowest BCUT2D eigenvalue weighted by molar-refractivity contribution is -0.136. The molecule has 0 heterocycles. The Kier molecular flexibility index (Phi) is 8.06. The molecule has 0 bridgehead atoms. The van der Waals surface area contributed by atoms with Crippen LogP contribution >= 0.6 is 23.2 Å². The highest BCUT2D eigenvalue weighted by atomic mass is 35.5. The number of benzene rings is 2. The SMILES string of the molecule is C=C(C)/C(CC(=O)O)=C(/C)N(N)Cc1ccc(NC(=O)c2ccc(Cl)cc2Cl)cc1. The van der Waals surface area contributed by atoms with Crippen molar-refractivity contribution in [2.75, 3.05) is 5.32 Å². The predicted octanol–water partition coefficient (Wildman–Crippen LogP) is 5.25. The number of hydrazine groups is 1. The molecule has 2 rings (SSSR count). The van der Waals surface area contributed by atoms with Gasteiger partial charge in [-0.25, -0.2) is 5.84 Å². The van der Waals surface area contributed by atoms with Gasteiger partial charge in [-0.15, -0.1) is 0 Å². The summed E-state index contributed by atoms with van der Waals surface area (Å²) in [7, 11) is 0. The Hall–Kier alpha value is -2.80. The molecule has 0 spiro atoms. The van der Waals surface area contributed by atoms with E-state index in [2.05, 4.69) is 11.9 Å². The zero-order valence-corrected chi connectivity index (χ0v) is 18.2. The summed E-state index contributed by atoms with van der Waals surface area (Å²) in [5, 5.41) is 14.1. The number of carboxylic acid groups (broad SMARTS) is 1. The average molecular weight is 448 g/mol. The first-order valence-corrected chi connectivity index (χ1v) is 9.79. The summed E-state index contributed by atoms with van der Waals surface area (Å²) in [5.74, 6) is 4.85. The summed E-state index contributed by atoms with van der Waals surface area (Å²) in [6.45, 7) is 7.71. The van der Waals surface area contributed by atoms with Crippen molar-refractivity contribution in [3.05, 3.63) is 87.1 Å². The molecule has 1 amide bonds. The maximum Gasteiger partial charge on any atom is 0.307 e. The molecule has 8 heteroatoms. The molecule has 0 atom stereocenters. The first-order valence-electron chi connectivity index (χ1n) is 9.03. The molecule has 0 aliphatic heterocycles. The molecule has 2 aromatic rings. The van der Waals surface area contributed by atoms with Crippen LogP contribution in [-0.4, -0.2) is 22.0 Å². The number of carboxylic acids is 1. The number of anilines is 1. The van der Waals surface area contributed by atoms with Gasteiger partial charge in [0.1, 0.15) is 0 Å². The average Bonchev–Trinajstić information content (AvgIpc) is 2.66. The van der Waals surface area contributed by atoms with Crippen molar-refractivity contribution in [1.82, 2.24) is 5.01 Å². The van der Waals surface area contributed by atoms with Crippen molar-refractivity contribution in [1.29, 1.82) is 0 Å². The lowest BCUT2D eigenvalue weighted by Crippen LogP contribution is -2.30. The highest BCUT2D eigenvalue weighted by molar-refractivity contribution is 6.37. The van der Waals surface area contributed by atoms with E-state index in [9.17, 15) is 9.59 Å². The van der Waals surface area contributed by atoms with E-state index < -0.39 is 5.97 Å². The van der Waals surface area contributed by atoms with Gasteiger partial charge in [0.2, 0.25) is 0 Å². The number of carbonyl (C=O) groups is 2. The Bertz CT molecular complexity index is 1000. The van der Waals surface area contributed by atoms with E-state index >= 15 is 0 Å². The van der Waals surface area contributed by atoms with E-state index in [0.29, 0.717) is 39.7 Å². The second kappa shape index (κ2) is 10.3. The number of nitrogens with one attached hydrogen (secondary N) is 1. The Morgan fingerprint density at radius 1 is 1.13 bits per heavy atom. The van der Waals surface area contributed by atoms with Crippen LogP contribution in [-0.2, 0) is 11.3 Å². The summed E-state index contributed by atoms with van der Waals surface area (Å²) < 4.78 is 0. The van der Waals surface area contributed by atoms with E-state index in [4.69, 9.17) is 34.2 Å². The number of rotatable bonds is 8. The van der Waals surface area contributed by atoms with Crippen LogP contribution in [0.4, 0.5) is 5.69 Å². The van der Waals surface area contributed by atoms with Gasteiger partial charge in [-0.3, -0.25) is 9.59 Å².